The molecule has 1 spiro atoms. The quantitative estimate of drug-likeness (QED) is 0.111. The van der Waals surface area contributed by atoms with Gasteiger partial charge in [-0.3, -0.25) is 67.7 Å². The lowest BCUT2D eigenvalue weighted by Crippen LogP contribution is -2.66. The molecule has 4 aliphatic rings. The number of carboxylic acids is 3. The summed E-state index contributed by atoms with van der Waals surface area (Å²) in [5.74, 6) is -4.81. The molecule has 9 N–H and O–H groups in total. The second-order valence-electron chi connectivity index (χ2n) is 21.4. The van der Waals surface area contributed by atoms with E-state index < -0.39 is 65.2 Å². The lowest BCUT2D eigenvalue weighted by molar-refractivity contribution is -0.142. The highest BCUT2D eigenvalue weighted by Crippen LogP contribution is 2.26. The first kappa shape index (κ1) is 63.7. The van der Waals surface area contributed by atoms with Crippen molar-refractivity contribution in [3.63, 3.8) is 0 Å². The molecule has 0 unspecified atom stereocenters. The zero-order valence-corrected chi connectivity index (χ0v) is 47.4. The SMILES string of the molecule is CC[C@H](C)[C@@H]1NC(=O)[C@H](CC(C)C)NC(=O)C2(CCN(C(=O)CN3CCN(CC(=O)O)CCN(CC(=O)O)CCN(CC(=O)O)CC3)CC2)NC(=O)CCSCc2cccc(n2)CSC[C@H](C(=O)NC2CCNCC2)NC1=O. The summed E-state index contributed by atoms with van der Waals surface area (Å²) in [6, 6.07) is 2.52. The number of carboxylic acid groups (broad SMARTS) is 3. The molecule has 26 heteroatoms. The molecule has 0 aromatic carbocycles. The molecule has 0 saturated carbocycles. The van der Waals surface area contributed by atoms with Crippen molar-refractivity contribution in [2.75, 3.05) is 116 Å². The van der Waals surface area contributed by atoms with Gasteiger partial charge >= 0.3 is 17.9 Å². The van der Waals surface area contributed by atoms with Gasteiger partial charge in [-0.25, -0.2) is 0 Å². The average Bonchev–Trinajstić information content (AvgIpc) is 3.41. The first-order valence-electron chi connectivity index (χ1n) is 27.4. The van der Waals surface area contributed by atoms with E-state index in [2.05, 4.69) is 31.9 Å². The molecule has 436 valence electrons. The van der Waals surface area contributed by atoms with Crippen molar-refractivity contribution in [2.45, 2.75) is 114 Å². The van der Waals surface area contributed by atoms with Gasteiger partial charge in [0.15, 0.2) is 0 Å². The van der Waals surface area contributed by atoms with E-state index in [4.69, 9.17) is 4.98 Å². The third-order valence-corrected chi connectivity index (χ3v) is 16.8. The van der Waals surface area contributed by atoms with Crippen molar-refractivity contribution in [3.8, 4) is 0 Å². The molecule has 1 aromatic rings. The van der Waals surface area contributed by atoms with E-state index in [1.165, 1.54) is 23.5 Å². The normalized spacial score (nSPS) is 23.9. The van der Waals surface area contributed by atoms with E-state index in [9.17, 15) is 58.5 Å². The zero-order valence-electron chi connectivity index (χ0n) is 45.8. The van der Waals surface area contributed by atoms with E-state index in [0.717, 1.165) is 37.3 Å². The number of piperidine rings is 2. The molecule has 3 fully saturated rings. The van der Waals surface area contributed by atoms with Crippen LogP contribution >= 0.6 is 23.5 Å². The second kappa shape index (κ2) is 32.2. The van der Waals surface area contributed by atoms with E-state index in [1.54, 1.807) is 19.6 Å². The Labute approximate surface area is 466 Å². The Bertz CT molecular complexity index is 2170. The minimum Gasteiger partial charge on any atom is -0.480 e. The first-order valence-corrected chi connectivity index (χ1v) is 29.7. The number of pyridine rings is 1. The Balaban J connectivity index is 1.37. The van der Waals surface area contributed by atoms with Crippen LogP contribution in [0.1, 0.15) is 84.0 Å². The summed E-state index contributed by atoms with van der Waals surface area (Å²) in [5, 5.41) is 47.2. The molecule has 1 aromatic heterocycles. The summed E-state index contributed by atoms with van der Waals surface area (Å²) in [4.78, 5) is 135. The molecule has 5 rings (SSSR count). The highest BCUT2D eigenvalue weighted by atomic mass is 32.2. The Morgan fingerprint density at radius 2 is 1.24 bits per heavy atom. The van der Waals surface area contributed by atoms with E-state index >= 15 is 0 Å². The number of carbonyl (C=O) groups excluding carboxylic acids is 6. The number of likely N-dealkylation sites (tertiary alicyclic amines) is 1. The largest absolute Gasteiger partial charge is 0.480 e. The van der Waals surface area contributed by atoms with Crippen LogP contribution in [-0.4, -0.2) is 244 Å². The van der Waals surface area contributed by atoms with Crippen LogP contribution in [0.25, 0.3) is 0 Å². The number of nitrogens with zero attached hydrogens (tertiary/aromatic N) is 6. The molecule has 0 radical (unpaired) electrons. The topological polar surface area (TPSA) is 316 Å². The van der Waals surface area contributed by atoms with E-state index in [-0.39, 0.29) is 153 Å². The van der Waals surface area contributed by atoms with Gasteiger partial charge in [0, 0.05) is 101 Å². The number of thioether (sulfide) groups is 2. The van der Waals surface area contributed by atoms with Gasteiger partial charge in [-0.15, -0.1) is 0 Å². The molecule has 24 nitrogen and oxygen atoms in total. The number of aliphatic carboxylic acids is 3. The minimum absolute atomic E-state index is 0.00145. The summed E-state index contributed by atoms with van der Waals surface area (Å²) >= 11 is 2.97. The monoisotopic (exact) mass is 1130 g/mol. The van der Waals surface area contributed by atoms with Crippen LogP contribution in [0.5, 0.6) is 0 Å². The van der Waals surface area contributed by atoms with Crippen molar-refractivity contribution in [1.29, 1.82) is 0 Å². The van der Waals surface area contributed by atoms with Crippen molar-refractivity contribution >= 4 is 76.9 Å². The fourth-order valence-corrected chi connectivity index (χ4v) is 11.7. The third-order valence-electron chi connectivity index (χ3n) is 14.7. The lowest BCUT2D eigenvalue weighted by atomic mass is 9.85. The molecular weight excluding hydrogens is 1050 g/mol. The lowest BCUT2D eigenvalue weighted by Gasteiger charge is -2.42. The van der Waals surface area contributed by atoms with Gasteiger partial charge in [0.25, 0.3) is 0 Å². The molecule has 3 saturated heterocycles. The van der Waals surface area contributed by atoms with Gasteiger partial charge in [-0.05, 0) is 69.2 Å². The van der Waals surface area contributed by atoms with Crippen LogP contribution in [0.2, 0.25) is 0 Å². The van der Waals surface area contributed by atoms with Gasteiger partial charge in [0.1, 0.15) is 23.7 Å². The summed E-state index contributed by atoms with van der Waals surface area (Å²) in [5.41, 5.74) is 0.0477. The maximum Gasteiger partial charge on any atom is 0.317 e. The average molecular weight is 1130 g/mol. The van der Waals surface area contributed by atoms with Crippen molar-refractivity contribution in [2.24, 2.45) is 11.8 Å². The summed E-state index contributed by atoms with van der Waals surface area (Å²) in [6.45, 7) is 9.92. The summed E-state index contributed by atoms with van der Waals surface area (Å²) in [7, 11) is 0. The molecule has 5 heterocycles. The number of amides is 6. The number of carbonyl (C=O) groups is 9. The third kappa shape index (κ3) is 21.5. The van der Waals surface area contributed by atoms with Crippen molar-refractivity contribution in [1.82, 2.24) is 61.4 Å². The molecule has 0 aliphatic carbocycles. The standard InChI is InChI=1S/C52H84N12O12S2/c1-5-36(4)47-50(75)56-41(49(74)55-37-9-14-53-15-10-37)34-78-33-39-8-6-7-38(54-39)32-77-26-11-42(65)59-52(51(76)57-40(27-35(2)3)48(73)58-47)12-16-64(17-13-52)43(66)28-60-18-20-61(29-44(67)68)22-24-63(31-46(71)72)25-23-62(21-19-60)30-45(69)70/h6-8,35-37,40-41,47,53H,5,9-34H2,1-4H3,(H,55,74)(H,56,75)(H,57,76)(H,58,73)(H,59,65)(H,67,68)(H,69,70)(H,71,72)/t36-,40-,41+,47-/m0/s1. The summed E-state index contributed by atoms with van der Waals surface area (Å²) in [6.07, 6.45) is 2.25. The number of aromatic nitrogens is 1. The Morgan fingerprint density at radius 1 is 0.718 bits per heavy atom. The van der Waals surface area contributed by atoms with Crippen LogP contribution in [0, 0.1) is 11.8 Å². The fourth-order valence-electron chi connectivity index (χ4n) is 9.93. The Kier molecular flexibility index (Phi) is 26.3. The smallest absolute Gasteiger partial charge is 0.317 e. The summed E-state index contributed by atoms with van der Waals surface area (Å²) < 4.78 is 0. The van der Waals surface area contributed by atoms with Gasteiger partial charge < -0.3 is 52.1 Å². The number of nitrogens with one attached hydrogen (secondary N) is 6. The number of rotatable bonds is 14. The number of hydrogen-bond acceptors (Lipinski definition) is 17. The highest BCUT2D eigenvalue weighted by Gasteiger charge is 2.45. The highest BCUT2D eigenvalue weighted by molar-refractivity contribution is 7.98. The predicted molar refractivity (Wildman–Crippen MR) is 295 cm³/mol. The Morgan fingerprint density at radius 3 is 1.76 bits per heavy atom. The van der Waals surface area contributed by atoms with Crippen LogP contribution in [0.15, 0.2) is 18.2 Å². The van der Waals surface area contributed by atoms with Gasteiger partial charge in [-0.2, -0.15) is 23.5 Å². The maximum absolute atomic E-state index is 14.9. The van der Waals surface area contributed by atoms with Gasteiger partial charge in [0.05, 0.1) is 37.6 Å². The molecule has 2 bridgehead atoms. The fraction of sp³-hybridized carbons (Fsp3) is 0.731. The molecule has 4 atom stereocenters. The maximum atomic E-state index is 14.9. The molecule has 6 amide bonds. The predicted octanol–water partition coefficient (Wildman–Crippen LogP) is -0.681. The molecule has 78 heavy (non-hydrogen) atoms. The molecule has 4 aliphatic heterocycles. The van der Waals surface area contributed by atoms with Crippen molar-refractivity contribution < 1.29 is 58.5 Å². The van der Waals surface area contributed by atoms with E-state index in [0.29, 0.717) is 23.7 Å². The van der Waals surface area contributed by atoms with Crippen molar-refractivity contribution in [3.05, 3.63) is 29.6 Å². The van der Waals surface area contributed by atoms with Crippen LogP contribution < -0.4 is 31.9 Å². The second-order valence-corrected chi connectivity index (χ2v) is 23.5. The molecular formula is C52H84N12O12S2. The minimum atomic E-state index is -1.54. The van der Waals surface area contributed by atoms with Gasteiger partial charge in [-0.1, -0.05) is 40.2 Å². The first-order chi connectivity index (χ1) is 37.2. The zero-order chi connectivity index (χ0) is 56.8. The van der Waals surface area contributed by atoms with Crippen LogP contribution in [0.4, 0.5) is 0 Å². The van der Waals surface area contributed by atoms with Gasteiger partial charge in [0.2, 0.25) is 35.4 Å². The van der Waals surface area contributed by atoms with Crippen LogP contribution in [0.3, 0.4) is 0 Å². The number of hydrogen-bond donors (Lipinski definition) is 9. The Hall–Kier alpha value is -5.12. The van der Waals surface area contributed by atoms with Crippen LogP contribution in [-0.2, 0) is 54.7 Å². The number of fused-ring (bicyclic) bond motifs is 2. The van der Waals surface area contributed by atoms with E-state index in [1.807, 2.05) is 50.8 Å².